The number of nitriles is 1. The molecule has 0 saturated carbocycles. The van der Waals surface area contributed by atoms with Gasteiger partial charge in [-0.3, -0.25) is 0 Å². The van der Waals surface area contributed by atoms with Gasteiger partial charge >= 0.3 is 5.97 Å². The van der Waals surface area contributed by atoms with Crippen LogP contribution in [0.15, 0.2) is 42.5 Å². The Balaban J connectivity index is 1.58. The molecular weight excluding hydrogens is 350 g/mol. The van der Waals surface area contributed by atoms with Crippen LogP contribution in [0, 0.1) is 11.3 Å². The van der Waals surface area contributed by atoms with Crippen LogP contribution in [0.5, 0.6) is 0 Å². The Kier molecular flexibility index (Phi) is 6.67. The number of ether oxygens (including phenoxy) is 1. The van der Waals surface area contributed by atoms with Crippen LogP contribution < -0.4 is 10.6 Å². The lowest BCUT2D eigenvalue weighted by Gasteiger charge is -2.21. The first-order valence-corrected chi connectivity index (χ1v) is 9.91. The zero-order chi connectivity index (χ0) is 19.9. The number of hydrogen-bond acceptors (Lipinski definition) is 5. The molecule has 0 saturated heterocycles. The summed E-state index contributed by atoms with van der Waals surface area (Å²) in [6.07, 6.45) is 3.38. The van der Waals surface area contributed by atoms with Crippen molar-refractivity contribution < 1.29 is 9.53 Å². The van der Waals surface area contributed by atoms with Crippen molar-refractivity contribution in [1.82, 2.24) is 0 Å². The molecule has 28 heavy (non-hydrogen) atoms. The lowest BCUT2D eigenvalue weighted by molar-refractivity contribution is 0.0502. The third kappa shape index (κ3) is 4.71. The molecule has 0 amide bonds. The lowest BCUT2D eigenvalue weighted by Crippen LogP contribution is -2.24. The van der Waals surface area contributed by atoms with Crippen LogP contribution in [0.25, 0.3) is 0 Å². The first kappa shape index (κ1) is 19.9. The normalized spacial score (nSPS) is 13.7. The van der Waals surface area contributed by atoms with E-state index in [0.29, 0.717) is 12.2 Å². The number of rotatable bonds is 8. The molecule has 5 nitrogen and oxygen atoms in total. The maximum atomic E-state index is 12.0. The molecule has 0 aliphatic carbocycles. The topological polar surface area (TPSA) is 79.3 Å². The van der Waals surface area contributed by atoms with Crippen molar-refractivity contribution >= 4 is 11.7 Å². The van der Waals surface area contributed by atoms with Gasteiger partial charge in [-0.15, -0.1) is 0 Å². The quantitative estimate of drug-likeness (QED) is 0.563. The molecule has 1 heterocycles. The second-order valence-corrected chi connectivity index (χ2v) is 7.23. The predicted octanol–water partition coefficient (Wildman–Crippen LogP) is 3.45. The van der Waals surface area contributed by atoms with Crippen molar-refractivity contribution in [3.8, 4) is 6.07 Å². The van der Waals surface area contributed by atoms with Gasteiger partial charge in [-0.2, -0.15) is 5.26 Å². The summed E-state index contributed by atoms with van der Waals surface area (Å²) in [6.45, 7) is 4.10. The summed E-state index contributed by atoms with van der Waals surface area (Å²) in [7, 11) is 0. The number of hydrogen-bond donors (Lipinski definition) is 1. The maximum absolute atomic E-state index is 12.0. The number of benzene rings is 2. The Bertz CT molecular complexity index is 858. The van der Waals surface area contributed by atoms with E-state index < -0.39 is 0 Å². The molecule has 1 atom stereocenters. The summed E-state index contributed by atoms with van der Waals surface area (Å²) in [5.41, 5.74) is 10.8. The van der Waals surface area contributed by atoms with Crippen LogP contribution in [0.4, 0.5) is 5.69 Å². The van der Waals surface area contributed by atoms with E-state index in [1.54, 1.807) is 12.1 Å². The SMILES string of the molecule is CCC(N)Cc1cc(C#N)c2c(c1)CCN2CCCOC(=O)c1ccccc1. The molecule has 2 N–H and O–H groups in total. The summed E-state index contributed by atoms with van der Waals surface area (Å²) < 4.78 is 5.36. The fourth-order valence-electron chi connectivity index (χ4n) is 3.64. The Hall–Kier alpha value is -2.84. The molecule has 3 rings (SSSR count). The highest BCUT2D eigenvalue weighted by atomic mass is 16.5. The van der Waals surface area contributed by atoms with E-state index in [4.69, 9.17) is 10.5 Å². The highest BCUT2D eigenvalue weighted by Crippen LogP contribution is 2.33. The Labute approximate surface area is 166 Å². The highest BCUT2D eigenvalue weighted by molar-refractivity contribution is 5.89. The van der Waals surface area contributed by atoms with E-state index in [1.807, 2.05) is 24.3 Å². The average molecular weight is 377 g/mol. The van der Waals surface area contributed by atoms with E-state index >= 15 is 0 Å². The number of anilines is 1. The minimum absolute atomic E-state index is 0.126. The Morgan fingerprint density at radius 3 is 2.82 bits per heavy atom. The molecule has 5 heteroatoms. The predicted molar refractivity (Wildman–Crippen MR) is 110 cm³/mol. The Morgan fingerprint density at radius 2 is 2.11 bits per heavy atom. The van der Waals surface area contributed by atoms with Crippen molar-refractivity contribution in [3.05, 3.63) is 64.7 Å². The van der Waals surface area contributed by atoms with Crippen molar-refractivity contribution in [1.29, 1.82) is 5.26 Å². The zero-order valence-corrected chi connectivity index (χ0v) is 16.4. The third-order valence-corrected chi connectivity index (χ3v) is 5.17. The number of fused-ring (bicyclic) bond motifs is 1. The van der Waals surface area contributed by atoms with Crippen molar-refractivity contribution in [2.75, 3.05) is 24.6 Å². The van der Waals surface area contributed by atoms with Crippen LogP contribution in [0.2, 0.25) is 0 Å². The van der Waals surface area contributed by atoms with Gasteiger partial charge in [0.15, 0.2) is 0 Å². The summed E-state index contributed by atoms with van der Waals surface area (Å²) >= 11 is 0. The van der Waals surface area contributed by atoms with Crippen molar-refractivity contribution in [2.45, 2.75) is 38.6 Å². The molecule has 2 aromatic carbocycles. The van der Waals surface area contributed by atoms with Gasteiger partial charge in [-0.05, 0) is 55.0 Å². The lowest BCUT2D eigenvalue weighted by atomic mass is 9.98. The van der Waals surface area contributed by atoms with E-state index in [9.17, 15) is 10.1 Å². The maximum Gasteiger partial charge on any atom is 0.338 e. The fraction of sp³-hybridized carbons (Fsp3) is 0.391. The first-order chi connectivity index (χ1) is 13.6. The summed E-state index contributed by atoms with van der Waals surface area (Å²) in [5, 5.41) is 9.63. The van der Waals surface area contributed by atoms with Gasteiger partial charge in [0.1, 0.15) is 6.07 Å². The molecule has 1 aliphatic rings. The largest absolute Gasteiger partial charge is 0.462 e. The molecule has 146 valence electrons. The highest BCUT2D eigenvalue weighted by Gasteiger charge is 2.23. The third-order valence-electron chi connectivity index (χ3n) is 5.17. The van der Waals surface area contributed by atoms with Crippen molar-refractivity contribution in [2.24, 2.45) is 5.73 Å². The van der Waals surface area contributed by atoms with Crippen molar-refractivity contribution in [3.63, 3.8) is 0 Å². The van der Waals surface area contributed by atoms with Crippen LogP contribution in [-0.2, 0) is 17.6 Å². The van der Waals surface area contributed by atoms with Gasteiger partial charge in [0.05, 0.1) is 23.4 Å². The molecule has 0 radical (unpaired) electrons. The van der Waals surface area contributed by atoms with Gasteiger partial charge in [0.2, 0.25) is 0 Å². The molecule has 2 aromatic rings. The van der Waals surface area contributed by atoms with Gasteiger partial charge in [-0.1, -0.05) is 31.2 Å². The molecular formula is C23H27N3O2. The summed E-state index contributed by atoms with van der Waals surface area (Å²) in [6, 6.07) is 15.7. The average Bonchev–Trinajstić information content (AvgIpc) is 3.13. The number of nitrogens with zero attached hydrogens (tertiary/aromatic N) is 2. The number of carbonyl (C=O) groups excluding carboxylic acids is 1. The van der Waals surface area contributed by atoms with Crippen LogP contribution in [-0.4, -0.2) is 31.7 Å². The van der Waals surface area contributed by atoms with Gasteiger partial charge in [-0.25, -0.2) is 4.79 Å². The first-order valence-electron chi connectivity index (χ1n) is 9.91. The molecule has 1 unspecified atom stereocenters. The minimum Gasteiger partial charge on any atom is -0.462 e. The number of nitrogens with two attached hydrogens (primary N) is 1. The molecule has 0 fully saturated rings. The summed E-state index contributed by atoms with van der Waals surface area (Å²) in [5.74, 6) is -0.294. The second kappa shape index (κ2) is 9.38. The Morgan fingerprint density at radius 1 is 1.32 bits per heavy atom. The van der Waals surface area contributed by atoms with E-state index in [0.717, 1.165) is 55.6 Å². The fourth-order valence-corrected chi connectivity index (χ4v) is 3.64. The number of carbonyl (C=O) groups is 1. The van der Waals surface area contributed by atoms with Crippen LogP contribution in [0.1, 0.15) is 46.8 Å². The summed E-state index contributed by atoms with van der Waals surface area (Å²) in [4.78, 5) is 14.2. The minimum atomic E-state index is -0.294. The number of esters is 1. The van der Waals surface area contributed by atoms with E-state index in [-0.39, 0.29) is 12.0 Å². The second-order valence-electron chi connectivity index (χ2n) is 7.23. The molecule has 0 aromatic heterocycles. The monoisotopic (exact) mass is 377 g/mol. The van der Waals surface area contributed by atoms with Gasteiger partial charge in [0, 0.05) is 19.1 Å². The molecule has 1 aliphatic heterocycles. The zero-order valence-electron chi connectivity index (χ0n) is 16.4. The van der Waals surface area contributed by atoms with Crippen LogP contribution in [0.3, 0.4) is 0 Å². The molecule has 0 bridgehead atoms. The molecule has 0 spiro atoms. The standard InChI is InChI=1S/C23H27N3O2/c1-2-21(25)15-17-13-19-9-11-26(22(19)20(14-17)16-24)10-6-12-28-23(27)18-7-4-3-5-8-18/h3-5,7-8,13-14,21H,2,6,9-12,15,25H2,1H3. The smallest absolute Gasteiger partial charge is 0.338 e. The van der Waals surface area contributed by atoms with Gasteiger partial charge in [0.25, 0.3) is 0 Å². The van der Waals surface area contributed by atoms with E-state index in [1.165, 1.54) is 5.56 Å². The van der Waals surface area contributed by atoms with E-state index in [2.05, 4.69) is 24.0 Å². The van der Waals surface area contributed by atoms with Crippen LogP contribution >= 0.6 is 0 Å². The van der Waals surface area contributed by atoms with Gasteiger partial charge < -0.3 is 15.4 Å².